The third-order valence-corrected chi connectivity index (χ3v) is 5.70. The van der Waals surface area contributed by atoms with Crippen molar-refractivity contribution in [3.05, 3.63) is 41.5 Å². The van der Waals surface area contributed by atoms with E-state index in [9.17, 15) is 8.60 Å². The van der Waals surface area contributed by atoms with E-state index in [1.807, 2.05) is 18.5 Å². The molecule has 21 heavy (non-hydrogen) atoms. The maximum Gasteiger partial charge on any atom is 0.222 e. The minimum atomic E-state index is -1.29. The third-order valence-electron chi connectivity index (χ3n) is 3.86. The zero-order chi connectivity index (χ0) is 15.0. The molecule has 0 saturated heterocycles. The molecule has 1 aromatic heterocycles. The van der Waals surface area contributed by atoms with Gasteiger partial charge in [0.05, 0.1) is 16.0 Å². The summed E-state index contributed by atoms with van der Waals surface area (Å²) in [6, 6.07) is 6.20. The second kappa shape index (κ2) is 5.67. The van der Waals surface area contributed by atoms with Crippen LogP contribution in [0.2, 0.25) is 0 Å². The molecule has 1 aromatic carbocycles. The van der Waals surface area contributed by atoms with Crippen LogP contribution >= 0.6 is 0 Å². The van der Waals surface area contributed by atoms with Crippen LogP contribution in [0.25, 0.3) is 0 Å². The Morgan fingerprint density at radius 3 is 2.57 bits per heavy atom. The molecular formula is C15H18FN3OS. The highest BCUT2D eigenvalue weighted by Crippen LogP contribution is 2.39. The molecule has 1 aliphatic rings. The first-order chi connectivity index (χ1) is 10.1. The topological polar surface area (TPSA) is 47.8 Å². The fraction of sp³-hybridized carbons (Fsp3) is 0.467. The van der Waals surface area contributed by atoms with Gasteiger partial charge in [0.2, 0.25) is 5.16 Å². The van der Waals surface area contributed by atoms with Crippen molar-refractivity contribution in [2.45, 2.75) is 42.5 Å². The lowest BCUT2D eigenvalue weighted by Gasteiger charge is -2.14. The summed E-state index contributed by atoms with van der Waals surface area (Å²) in [6.45, 7) is 1.98. The van der Waals surface area contributed by atoms with Crippen LogP contribution in [0.3, 0.4) is 0 Å². The van der Waals surface area contributed by atoms with Gasteiger partial charge < -0.3 is 4.57 Å². The first-order valence-electron chi connectivity index (χ1n) is 7.17. The van der Waals surface area contributed by atoms with Crippen LogP contribution in [-0.4, -0.2) is 19.0 Å². The Labute approximate surface area is 125 Å². The standard InChI is InChI=1S/C15H18FN3OS/c1-3-13(10-6-8-12(16)9-7-10)21(20)15-18-17-14(19(15)2)11-4-5-11/h6-9,11,13H,3-5H2,1-2H3/t13-,21-/m1/s1. The van der Waals surface area contributed by atoms with E-state index in [4.69, 9.17) is 0 Å². The summed E-state index contributed by atoms with van der Waals surface area (Å²) in [5, 5.41) is 8.62. The molecule has 0 spiro atoms. The summed E-state index contributed by atoms with van der Waals surface area (Å²) < 4.78 is 27.7. The Morgan fingerprint density at radius 2 is 2.00 bits per heavy atom. The van der Waals surface area contributed by atoms with Crippen molar-refractivity contribution in [2.75, 3.05) is 0 Å². The zero-order valence-electron chi connectivity index (χ0n) is 12.1. The lowest BCUT2D eigenvalue weighted by molar-refractivity contribution is 0.625. The second-order valence-corrected chi connectivity index (χ2v) is 6.95. The molecule has 0 aliphatic heterocycles. The highest BCUT2D eigenvalue weighted by molar-refractivity contribution is 7.85. The number of nitrogens with zero attached hydrogens (tertiary/aromatic N) is 3. The molecule has 6 heteroatoms. The van der Waals surface area contributed by atoms with Crippen molar-refractivity contribution in [1.82, 2.24) is 14.8 Å². The number of hydrogen-bond acceptors (Lipinski definition) is 3. The molecular weight excluding hydrogens is 289 g/mol. The van der Waals surface area contributed by atoms with E-state index in [2.05, 4.69) is 10.2 Å². The van der Waals surface area contributed by atoms with Crippen LogP contribution in [0.15, 0.2) is 29.4 Å². The Morgan fingerprint density at radius 1 is 1.33 bits per heavy atom. The van der Waals surface area contributed by atoms with E-state index in [0.29, 0.717) is 17.5 Å². The Kier molecular flexibility index (Phi) is 3.89. The summed E-state index contributed by atoms with van der Waals surface area (Å²) >= 11 is 0. The molecule has 0 radical (unpaired) electrons. The maximum atomic E-state index is 13.0. The van der Waals surface area contributed by atoms with Gasteiger partial charge in [-0.05, 0) is 37.0 Å². The summed E-state index contributed by atoms with van der Waals surface area (Å²) in [5.74, 6) is 1.11. The van der Waals surface area contributed by atoms with Crippen molar-refractivity contribution in [1.29, 1.82) is 0 Å². The summed E-state index contributed by atoms with van der Waals surface area (Å²) in [4.78, 5) is 0. The van der Waals surface area contributed by atoms with Crippen molar-refractivity contribution >= 4 is 10.8 Å². The van der Waals surface area contributed by atoms with E-state index in [-0.39, 0.29) is 11.1 Å². The number of halogens is 1. The fourth-order valence-corrected chi connectivity index (χ4v) is 3.96. The average Bonchev–Trinajstić information content (AvgIpc) is 3.24. The molecule has 1 saturated carbocycles. The highest BCUT2D eigenvalue weighted by Gasteiger charge is 2.31. The van der Waals surface area contributed by atoms with Gasteiger partial charge in [0, 0.05) is 13.0 Å². The smallest absolute Gasteiger partial charge is 0.222 e. The normalized spacial score (nSPS) is 17.7. The van der Waals surface area contributed by atoms with Crippen LogP contribution in [0, 0.1) is 5.82 Å². The molecule has 2 aromatic rings. The summed E-state index contributed by atoms with van der Waals surface area (Å²) in [5.41, 5.74) is 0.869. The molecule has 0 unspecified atom stereocenters. The molecule has 4 nitrogen and oxygen atoms in total. The maximum absolute atomic E-state index is 13.0. The van der Waals surface area contributed by atoms with E-state index in [1.54, 1.807) is 12.1 Å². The van der Waals surface area contributed by atoms with Crippen molar-refractivity contribution in [3.8, 4) is 0 Å². The minimum Gasteiger partial charge on any atom is -0.307 e. The molecule has 1 heterocycles. The summed E-state index contributed by atoms with van der Waals surface area (Å²) in [6.07, 6.45) is 2.96. The van der Waals surface area contributed by atoms with Gasteiger partial charge in [-0.1, -0.05) is 19.1 Å². The molecule has 0 bridgehead atoms. The third kappa shape index (κ3) is 2.77. The lowest BCUT2D eigenvalue weighted by atomic mass is 10.1. The molecule has 0 N–H and O–H groups in total. The van der Waals surface area contributed by atoms with Crippen molar-refractivity contribution < 1.29 is 8.60 Å². The second-order valence-electron chi connectivity index (χ2n) is 5.42. The number of hydrogen-bond donors (Lipinski definition) is 0. The van der Waals surface area contributed by atoms with Gasteiger partial charge in [0.15, 0.2) is 0 Å². The summed E-state index contributed by atoms with van der Waals surface area (Å²) in [7, 11) is 0.582. The van der Waals surface area contributed by atoms with Gasteiger partial charge in [-0.3, -0.25) is 4.21 Å². The first-order valence-corrected chi connectivity index (χ1v) is 8.38. The van der Waals surface area contributed by atoms with E-state index >= 15 is 0 Å². The molecule has 112 valence electrons. The van der Waals surface area contributed by atoms with E-state index in [1.165, 1.54) is 12.1 Å². The zero-order valence-corrected chi connectivity index (χ0v) is 12.9. The van der Waals surface area contributed by atoms with Crippen LogP contribution in [-0.2, 0) is 17.8 Å². The molecule has 3 rings (SSSR count). The Balaban J connectivity index is 1.90. The van der Waals surface area contributed by atoms with Crippen LogP contribution in [0.1, 0.15) is 48.7 Å². The van der Waals surface area contributed by atoms with Gasteiger partial charge >= 0.3 is 0 Å². The Bertz CT molecular complexity index is 664. The van der Waals surface area contributed by atoms with Gasteiger partial charge in [-0.25, -0.2) is 4.39 Å². The largest absolute Gasteiger partial charge is 0.307 e. The number of rotatable bonds is 5. The van der Waals surface area contributed by atoms with Gasteiger partial charge in [-0.2, -0.15) is 0 Å². The van der Waals surface area contributed by atoms with E-state index in [0.717, 1.165) is 24.2 Å². The van der Waals surface area contributed by atoms with Gasteiger partial charge in [0.25, 0.3) is 0 Å². The first kappa shape index (κ1) is 14.4. The fourth-order valence-electron chi connectivity index (χ4n) is 2.51. The van der Waals surface area contributed by atoms with Crippen LogP contribution < -0.4 is 0 Å². The molecule has 1 fully saturated rings. The number of aromatic nitrogens is 3. The number of benzene rings is 1. The van der Waals surface area contributed by atoms with Gasteiger partial charge in [-0.15, -0.1) is 10.2 Å². The lowest BCUT2D eigenvalue weighted by Crippen LogP contribution is -2.11. The average molecular weight is 307 g/mol. The SMILES string of the molecule is CC[C@H](c1ccc(F)cc1)[S@@](=O)c1nnc(C2CC2)n1C. The van der Waals surface area contributed by atoms with Crippen molar-refractivity contribution in [3.63, 3.8) is 0 Å². The van der Waals surface area contributed by atoms with Crippen molar-refractivity contribution in [2.24, 2.45) is 7.05 Å². The van der Waals surface area contributed by atoms with E-state index < -0.39 is 10.8 Å². The highest BCUT2D eigenvalue weighted by atomic mass is 32.2. The van der Waals surface area contributed by atoms with Gasteiger partial charge in [0.1, 0.15) is 11.6 Å². The minimum absolute atomic E-state index is 0.194. The molecule has 2 atom stereocenters. The monoisotopic (exact) mass is 307 g/mol. The van der Waals surface area contributed by atoms with Crippen LogP contribution in [0.4, 0.5) is 4.39 Å². The van der Waals surface area contributed by atoms with Crippen LogP contribution in [0.5, 0.6) is 0 Å². The molecule has 1 aliphatic carbocycles. The molecule has 0 amide bonds. The Hall–Kier alpha value is -1.56. The quantitative estimate of drug-likeness (QED) is 0.853. The predicted octanol–water partition coefficient (Wildman–Crippen LogP) is 3.09. The predicted molar refractivity (Wildman–Crippen MR) is 78.8 cm³/mol.